The standard InChI is InChI=1S/C26H29Cl3O6/c1-34-24(31)16-26(33,25(32)35-2)15-20(30)8-6-4-3-5-7-17-9-10-18(27)13-22(17)21-12-11-19(28)14-23(21)29/h9-14,33H,3-8,15-16H2,1-2H3. The normalized spacial score (nSPS) is 12.6. The van der Waals surface area contributed by atoms with Gasteiger partial charge in [0.1, 0.15) is 5.78 Å². The van der Waals surface area contributed by atoms with Crippen molar-refractivity contribution in [2.75, 3.05) is 14.2 Å². The second-order valence-corrected chi connectivity index (χ2v) is 9.61. The topological polar surface area (TPSA) is 89.9 Å². The highest BCUT2D eigenvalue weighted by Gasteiger charge is 2.41. The van der Waals surface area contributed by atoms with Crippen LogP contribution >= 0.6 is 34.8 Å². The number of Topliss-reactive ketones (excluding diaryl/α,β-unsaturated/α-hetero) is 1. The number of esters is 2. The van der Waals surface area contributed by atoms with Gasteiger partial charge in [0.05, 0.1) is 20.6 Å². The predicted molar refractivity (Wildman–Crippen MR) is 137 cm³/mol. The van der Waals surface area contributed by atoms with E-state index < -0.39 is 30.4 Å². The summed E-state index contributed by atoms with van der Waals surface area (Å²) < 4.78 is 9.05. The number of carbonyl (C=O) groups is 3. The molecule has 35 heavy (non-hydrogen) atoms. The van der Waals surface area contributed by atoms with Crippen molar-refractivity contribution in [2.24, 2.45) is 0 Å². The molecule has 1 atom stereocenters. The molecule has 0 saturated carbocycles. The average molecular weight is 544 g/mol. The lowest BCUT2D eigenvalue weighted by molar-refractivity contribution is -0.171. The summed E-state index contributed by atoms with van der Waals surface area (Å²) in [5.74, 6) is -2.15. The third-order valence-corrected chi connectivity index (χ3v) is 6.45. The molecule has 0 bridgehead atoms. The van der Waals surface area contributed by atoms with Crippen LogP contribution in [0.25, 0.3) is 11.1 Å². The number of unbranched alkanes of at least 4 members (excludes halogenated alkanes) is 3. The van der Waals surface area contributed by atoms with Crippen molar-refractivity contribution >= 4 is 52.5 Å². The summed E-state index contributed by atoms with van der Waals surface area (Å²) in [6.07, 6.45) is 3.03. The lowest BCUT2D eigenvalue weighted by atomic mass is 9.91. The molecule has 0 aliphatic carbocycles. The van der Waals surface area contributed by atoms with Crippen LogP contribution in [0.5, 0.6) is 0 Å². The molecule has 9 heteroatoms. The van der Waals surface area contributed by atoms with Crippen LogP contribution in [0.2, 0.25) is 15.1 Å². The monoisotopic (exact) mass is 542 g/mol. The maximum atomic E-state index is 12.3. The third-order valence-electron chi connectivity index (χ3n) is 5.66. The molecule has 0 saturated heterocycles. The molecule has 6 nitrogen and oxygen atoms in total. The Morgan fingerprint density at radius 3 is 2.14 bits per heavy atom. The first-order valence-corrected chi connectivity index (χ1v) is 12.4. The Kier molecular flexibility index (Phi) is 11.5. The average Bonchev–Trinajstić information content (AvgIpc) is 2.81. The highest BCUT2D eigenvalue weighted by Crippen LogP contribution is 2.35. The van der Waals surface area contributed by atoms with Crippen LogP contribution in [0.1, 0.15) is 50.5 Å². The Hall–Kier alpha value is -2.12. The third kappa shape index (κ3) is 8.80. The van der Waals surface area contributed by atoms with Gasteiger partial charge in [0, 0.05) is 33.5 Å². The minimum absolute atomic E-state index is 0.188. The fraction of sp³-hybridized carbons (Fsp3) is 0.423. The summed E-state index contributed by atoms with van der Waals surface area (Å²) in [5.41, 5.74) is 0.722. The lowest BCUT2D eigenvalue weighted by Gasteiger charge is -2.23. The summed E-state index contributed by atoms with van der Waals surface area (Å²) in [6, 6.07) is 11.1. The van der Waals surface area contributed by atoms with Crippen LogP contribution < -0.4 is 0 Å². The molecule has 0 radical (unpaired) electrons. The molecule has 1 N–H and O–H groups in total. The number of hydrogen-bond acceptors (Lipinski definition) is 6. The first-order chi connectivity index (χ1) is 16.6. The van der Waals surface area contributed by atoms with E-state index in [1.54, 1.807) is 12.1 Å². The minimum atomic E-state index is -2.22. The van der Waals surface area contributed by atoms with Crippen molar-refractivity contribution in [3.8, 4) is 11.1 Å². The Balaban J connectivity index is 1.86. The van der Waals surface area contributed by atoms with Crippen LogP contribution in [0.15, 0.2) is 36.4 Å². The van der Waals surface area contributed by atoms with Crippen molar-refractivity contribution in [3.63, 3.8) is 0 Å². The Labute approximate surface area is 220 Å². The van der Waals surface area contributed by atoms with E-state index >= 15 is 0 Å². The highest BCUT2D eigenvalue weighted by molar-refractivity contribution is 6.36. The van der Waals surface area contributed by atoms with Crippen LogP contribution in [0, 0.1) is 0 Å². The van der Waals surface area contributed by atoms with Gasteiger partial charge in [-0.25, -0.2) is 4.79 Å². The Morgan fingerprint density at radius 1 is 0.829 bits per heavy atom. The van der Waals surface area contributed by atoms with Crippen LogP contribution in [0.4, 0.5) is 0 Å². The first kappa shape index (κ1) is 29.1. The van der Waals surface area contributed by atoms with Crippen LogP contribution in [-0.2, 0) is 30.3 Å². The fourth-order valence-electron chi connectivity index (χ4n) is 3.84. The van der Waals surface area contributed by atoms with Crippen molar-refractivity contribution in [1.29, 1.82) is 0 Å². The molecule has 190 valence electrons. The summed E-state index contributed by atoms with van der Waals surface area (Å²) in [7, 11) is 2.22. The van der Waals surface area contributed by atoms with E-state index in [1.165, 1.54) is 0 Å². The number of methoxy groups -OCH3 is 2. The smallest absolute Gasteiger partial charge is 0.338 e. The molecule has 0 heterocycles. The number of benzene rings is 2. The first-order valence-electron chi connectivity index (χ1n) is 11.2. The quantitative estimate of drug-likeness (QED) is 0.238. The van der Waals surface area contributed by atoms with E-state index in [9.17, 15) is 19.5 Å². The van der Waals surface area contributed by atoms with Crippen LogP contribution in [0.3, 0.4) is 0 Å². The van der Waals surface area contributed by atoms with Gasteiger partial charge < -0.3 is 14.6 Å². The Bertz CT molecular complexity index is 1060. The molecule has 0 fully saturated rings. The van der Waals surface area contributed by atoms with E-state index in [4.69, 9.17) is 34.8 Å². The molecule has 0 aromatic heterocycles. The van der Waals surface area contributed by atoms with Crippen molar-refractivity contribution in [3.05, 3.63) is 57.0 Å². The van der Waals surface area contributed by atoms with E-state index in [0.717, 1.165) is 56.6 Å². The molecule has 2 rings (SSSR count). The molecule has 1 unspecified atom stereocenters. The number of ketones is 1. The second kappa shape index (κ2) is 13.8. The van der Waals surface area contributed by atoms with Crippen molar-refractivity contribution in [1.82, 2.24) is 0 Å². The van der Waals surface area contributed by atoms with E-state index in [0.29, 0.717) is 21.5 Å². The summed E-state index contributed by atoms with van der Waals surface area (Å²) >= 11 is 18.6. The molecule has 2 aromatic rings. The highest BCUT2D eigenvalue weighted by atomic mass is 35.5. The number of ether oxygens (including phenoxy) is 2. The predicted octanol–water partition coefficient (Wildman–Crippen LogP) is 6.23. The molecule has 0 aliphatic rings. The Morgan fingerprint density at radius 2 is 1.49 bits per heavy atom. The van der Waals surface area contributed by atoms with Gasteiger partial charge >= 0.3 is 11.9 Å². The molecule has 2 aromatic carbocycles. The molecular weight excluding hydrogens is 515 g/mol. The van der Waals surface area contributed by atoms with E-state index in [1.807, 2.05) is 24.3 Å². The lowest BCUT2D eigenvalue weighted by Crippen LogP contribution is -2.43. The largest absolute Gasteiger partial charge is 0.469 e. The summed E-state index contributed by atoms with van der Waals surface area (Å²) in [6.45, 7) is 0. The van der Waals surface area contributed by atoms with Gasteiger partial charge in [-0.15, -0.1) is 0 Å². The number of rotatable bonds is 13. The van der Waals surface area contributed by atoms with E-state index in [-0.39, 0.29) is 12.2 Å². The molecule has 0 aliphatic heterocycles. The fourth-order valence-corrected chi connectivity index (χ4v) is 4.52. The van der Waals surface area contributed by atoms with Gasteiger partial charge in [-0.05, 0) is 54.7 Å². The van der Waals surface area contributed by atoms with E-state index in [2.05, 4.69) is 9.47 Å². The number of aryl methyl sites for hydroxylation is 1. The number of carbonyl (C=O) groups excluding carboxylic acids is 3. The van der Waals surface area contributed by atoms with Crippen molar-refractivity contribution in [2.45, 2.75) is 57.0 Å². The van der Waals surface area contributed by atoms with Gasteiger partial charge in [-0.1, -0.05) is 59.8 Å². The number of hydrogen-bond donors (Lipinski definition) is 1. The van der Waals surface area contributed by atoms with Crippen LogP contribution in [-0.4, -0.2) is 42.6 Å². The summed E-state index contributed by atoms with van der Waals surface area (Å²) in [4.78, 5) is 35.8. The zero-order valence-electron chi connectivity index (χ0n) is 19.7. The maximum absolute atomic E-state index is 12.3. The van der Waals surface area contributed by atoms with Crippen molar-refractivity contribution < 1.29 is 29.0 Å². The second-order valence-electron chi connectivity index (χ2n) is 8.33. The zero-order valence-corrected chi connectivity index (χ0v) is 22.0. The van der Waals surface area contributed by atoms with Gasteiger partial charge in [0.15, 0.2) is 5.60 Å². The zero-order chi connectivity index (χ0) is 26.0. The number of aliphatic hydroxyl groups is 1. The van der Waals surface area contributed by atoms with Gasteiger partial charge in [0.25, 0.3) is 0 Å². The van der Waals surface area contributed by atoms with Gasteiger partial charge in [-0.3, -0.25) is 9.59 Å². The maximum Gasteiger partial charge on any atom is 0.338 e. The summed E-state index contributed by atoms with van der Waals surface area (Å²) in [5, 5.41) is 12.2. The molecule has 0 amide bonds. The number of halogens is 3. The molecular formula is C26H29Cl3O6. The molecule has 0 spiro atoms. The SMILES string of the molecule is COC(=O)CC(O)(CC(=O)CCCCCCc1ccc(Cl)cc1-c1ccc(Cl)cc1Cl)C(=O)OC. The van der Waals surface area contributed by atoms with Gasteiger partial charge in [-0.2, -0.15) is 0 Å². The minimum Gasteiger partial charge on any atom is -0.469 e. The van der Waals surface area contributed by atoms with Gasteiger partial charge in [0.2, 0.25) is 0 Å².